The lowest BCUT2D eigenvalue weighted by molar-refractivity contribution is 0.669. The summed E-state index contributed by atoms with van der Waals surface area (Å²) in [6.07, 6.45) is 1.94. The molecule has 3 heterocycles. The van der Waals surface area contributed by atoms with Crippen molar-refractivity contribution >= 4 is 33.1 Å². The zero-order valence-corrected chi connectivity index (χ0v) is 30.8. The Hall–Kier alpha value is -6.26. The Morgan fingerprint density at radius 2 is 1.17 bits per heavy atom. The van der Waals surface area contributed by atoms with Crippen LogP contribution in [0.3, 0.4) is 0 Å². The number of pyridine rings is 1. The molecule has 0 radical (unpaired) electrons. The van der Waals surface area contributed by atoms with E-state index in [2.05, 4.69) is 173 Å². The van der Waals surface area contributed by atoms with E-state index >= 15 is 0 Å². The first-order valence-corrected chi connectivity index (χ1v) is 18.5. The van der Waals surface area contributed by atoms with Crippen LogP contribution < -0.4 is 0 Å². The largest absolute Gasteiger partial charge is 0.455 e. The van der Waals surface area contributed by atoms with Crippen molar-refractivity contribution in [1.82, 2.24) is 14.5 Å². The average molecular weight is 688 g/mol. The van der Waals surface area contributed by atoms with Gasteiger partial charge in [0.05, 0.1) is 16.8 Å². The van der Waals surface area contributed by atoms with Gasteiger partial charge >= 0.3 is 0 Å². The molecule has 9 rings (SSSR count). The van der Waals surface area contributed by atoms with Gasteiger partial charge in [-0.1, -0.05) is 136 Å². The molecule has 4 heteroatoms. The van der Waals surface area contributed by atoms with Crippen LogP contribution in [0, 0.1) is 6.92 Å². The molecular weight excluding hydrogens is 647 g/mol. The van der Waals surface area contributed by atoms with Crippen molar-refractivity contribution < 1.29 is 4.42 Å². The van der Waals surface area contributed by atoms with Gasteiger partial charge in [-0.15, -0.1) is 0 Å². The monoisotopic (exact) mass is 687 g/mol. The predicted octanol–water partition coefficient (Wildman–Crippen LogP) is 13.5. The van der Waals surface area contributed by atoms with Gasteiger partial charge in [-0.05, 0) is 94.1 Å². The maximum absolute atomic E-state index is 6.86. The smallest absolute Gasteiger partial charge is 0.178 e. The molecule has 53 heavy (non-hydrogen) atoms. The Kier molecular flexibility index (Phi) is 8.04. The molecule has 4 nitrogen and oxygen atoms in total. The molecule has 3 aromatic heterocycles. The lowest BCUT2D eigenvalue weighted by atomic mass is 9.88. The maximum atomic E-state index is 6.86. The minimum absolute atomic E-state index is 0.240. The number of benzene rings is 6. The standard InChI is InChI=1S/C49H41N3O/c1-30(2)42-25-37(33-13-8-6-9-14-33)26-43(31(3)4)46(42)52-44-27-38(34-15-10-7-11-16-34)29-50-48(44)51-49(52)41-18-12-17-40-39-24-23-36(28-45(39)53-47(40)41)35-21-19-32(5)20-22-35/h6-31H,1-5H3. The SMILES string of the molecule is Cc1ccc(-c2ccc3c(c2)oc2c(-c4nc5ncc(-c6ccccc6)cc5n4-c4c(C(C)C)cc(-c5ccccc5)cc4C(C)C)cccc23)cc1. The Balaban J connectivity index is 1.34. The van der Waals surface area contributed by atoms with Crippen LogP contribution in [0.1, 0.15) is 56.2 Å². The van der Waals surface area contributed by atoms with Crippen LogP contribution in [-0.2, 0) is 0 Å². The van der Waals surface area contributed by atoms with Crippen LogP contribution >= 0.6 is 0 Å². The Bertz CT molecular complexity index is 2740. The van der Waals surface area contributed by atoms with E-state index in [1.165, 1.54) is 33.4 Å². The molecule has 258 valence electrons. The van der Waals surface area contributed by atoms with Crippen LogP contribution in [-0.4, -0.2) is 14.5 Å². The molecule has 0 spiro atoms. The fourth-order valence-electron chi connectivity index (χ4n) is 7.67. The first-order valence-electron chi connectivity index (χ1n) is 18.5. The van der Waals surface area contributed by atoms with Crippen molar-refractivity contribution in [2.24, 2.45) is 0 Å². The molecule has 0 saturated carbocycles. The number of rotatable bonds is 7. The number of nitrogens with zero attached hydrogens (tertiary/aromatic N) is 3. The molecule has 0 N–H and O–H groups in total. The molecule has 0 fully saturated rings. The summed E-state index contributed by atoms with van der Waals surface area (Å²) in [6, 6.07) is 49.8. The van der Waals surface area contributed by atoms with Gasteiger partial charge in [-0.3, -0.25) is 4.57 Å². The summed E-state index contributed by atoms with van der Waals surface area (Å²) in [5, 5.41) is 2.15. The van der Waals surface area contributed by atoms with Gasteiger partial charge in [0, 0.05) is 22.5 Å². The van der Waals surface area contributed by atoms with Gasteiger partial charge < -0.3 is 4.42 Å². The maximum Gasteiger partial charge on any atom is 0.178 e. The molecule has 0 aliphatic carbocycles. The molecule has 0 bridgehead atoms. The van der Waals surface area contributed by atoms with Crippen molar-refractivity contribution in [1.29, 1.82) is 0 Å². The highest BCUT2D eigenvalue weighted by Crippen LogP contribution is 2.43. The van der Waals surface area contributed by atoms with Crippen molar-refractivity contribution in [3.8, 4) is 50.5 Å². The molecule has 0 saturated heterocycles. The summed E-state index contributed by atoms with van der Waals surface area (Å²) < 4.78 is 9.23. The lowest BCUT2D eigenvalue weighted by Gasteiger charge is -2.24. The van der Waals surface area contributed by atoms with Gasteiger partial charge in [0.25, 0.3) is 0 Å². The first kappa shape index (κ1) is 32.6. The van der Waals surface area contributed by atoms with E-state index in [0.29, 0.717) is 5.65 Å². The lowest BCUT2D eigenvalue weighted by Crippen LogP contribution is -2.09. The van der Waals surface area contributed by atoms with Crippen molar-refractivity contribution in [3.05, 3.63) is 162 Å². The molecule has 9 aromatic rings. The topological polar surface area (TPSA) is 43.9 Å². The number of hydrogen-bond acceptors (Lipinski definition) is 3. The highest BCUT2D eigenvalue weighted by Gasteiger charge is 2.26. The Morgan fingerprint density at radius 3 is 1.83 bits per heavy atom. The van der Waals surface area contributed by atoms with E-state index < -0.39 is 0 Å². The van der Waals surface area contributed by atoms with E-state index in [4.69, 9.17) is 14.4 Å². The molecule has 0 amide bonds. The molecular formula is C49H41N3O. The second-order valence-corrected chi connectivity index (χ2v) is 14.7. The molecule has 0 aliphatic heterocycles. The van der Waals surface area contributed by atoms with Gasteiger partial charge in [0.2, 0.25) is 0 Å². The summed E-state index contributed by atoms with van der Waals surface area (Å²) in [5.74, 6) is 1.30. The van der Waals surface area contributed by atoms with E-state index in [1.807, 2.05) is 12.3 Å². The van der Waals surface area contributed by atoms with Crippen LogP contribution in [0.15, 0.2) is 150 Å². The van der Waals surface area contributed by atoms with Crippen LogP contribution in [0.2, 0.25) is 0 Å². The normalized spacial score (nSPS) is 11.8. The van der Waals surface area contributed by atoms with Gasteiger partial charge in [-0.2, -0.15) is 0 Å². The number of imidazole rings is 1. The fraction of sp³-hybridized carbons (Fsp3) is 0.143. The number of aryl methyl sites for hydroxylation is 1. The van der Waals surface area contributed by atoms with E-state index in [9.17, 15) is 0 Å². The third-order valence-corrected chi connectivity index (χ3v) is 10.5. The number of fused-ring (bicyclic) bond motifs is 4. The van der Waals surface area contributed by atoms with Crippen LogP contribution in [0.5, 0.6) is 0 Å². The highest BCUT2D eigenvalue weighted by molar-refractivity contribution is 6.10. The summed E-state index contributed by atoms with van der Waals surface area (Å²) >= 11 is 0. The van der Waals surface area contributed by atoms with E-state index in [-0.39, 0.29) is 11.8 Å². The summed E-state index contributed by atoms with van der Waals surface area (Å²) in [4.78, 5) is 10.4. The molecule has 0 atom stereocenters. The molecule has 0 unspecified atom stereocenters. The number of furan rings is 1. The first-order chi connectivity index (χ1) is 25.8. The van der Waals surface area contributed by atoms with Crippen LogP contribution in [0.25, 0.3) is 83.6 Å². The molecule has 0 aliphatic rings. The molecule has 6 aromatic carbocycles. The zero-order chi connectivity index (χ0) is 36.2. The highest BCUT2D eigenvalue weighted by atomic mass is 16.3. The summed E-state index contributed by atoms with van der Waals surface area (Å²) in [7, 11) is 0. The van der Waals surface area contributed by atoms with E-state index in [1.54, 1.807) is 0 Å². The minimum atomic E-state index is 0.240. The second kappa shape index (κ2) is 13.1. The van der Waals surface area contributed by atoms with Gasteiger partial charge in [0.1, 0.15) is 11.2 Å². The average Bonchev–Trinajstić information content (AvgIpc) is 3.76. The van der Waals surface area contributed by atoms with Crippen molar-refractivity contribution in [3.63, 3.8) is 0 Å². The summed E-state index contributed by atoms with van der Waals surface area (Å²) in [5.41, 5.74) is 16.1. The predicted molar refractivity (Wildman–Crippen MR) is 221 cm³/mol. The third kappa shape index (κ3) is 5.72. The quantitative estimate of drug-likeness (QED) is 0.167. The summed E-state index contributed by atoms with van der Waals surface area (Å²) in [6.45, 7) is 11.3. The second-order valence-electron chi connectivity index (χ2n) is 14.7. The van der Waals surface area contributed by atoms with E-state index in [0.717, 1.165) is 61.2 Å². The van der Waals surface area contributed by atoms with Crippen molar-refractivity contribution in [2.75, 3.05) is 0 Å². The van der Waals surface area contributed by atoms with Crippen LogP contribution in [0.4, 0.5) is 0 Å². The van der Waals surface area contributed by atoms with Gasteiger partial charge in [0.15, 0.2) is 11.5 Å². The zero-order valence-electron chi connectivity index (χ0n) is 30.8. The Labute approximate surface area is 310 Å². The number of aromatic nitrogens is 3. The number of para-hydroxylation sites is 1. The van der Waals surface area contributed by atoms with Crippen molar-refractivity contribution in [2.45, 2.75) is 46.5 Å². The van der Waals surface area contributed by atoms with Gasteiger partial charge in [-0.25, -0.2) is 9.97 Å². The third-order valence-electron chi connectivity index (χ3n) is 10.5. The fourth-order valence-corrected chi connectivity index (χ4v) is 7.67. The number of hydrogen-bond donors (Lipinski definition) is 0. The minimum Gasteiger partial charge on any atom is -0.455 e. The Morgan fingerprint density at radius 1 is 0.547 bits per heavy atom.